The number of carbonyl (C=O) groups excluding carboxylic acids is 1. The molecule has 1 amide bonds. The third kappa shape index (κ3) is 2.85. The second kappa shape index (κ2) is 4.76. The van der Waals surface area contributed by atoms with Crippen molar-refractivity contribution in [2.45, 2.75) is 19.4 Å². The Morgan fingerprint density at radius 1 is 1.79 bits per heavy atom. The minimum absolute atomic E-state index is 0.252. The van der Waals surface area contributed by atoms with E-state index in [1.807, 2.05) is 6.92 Å². The highest BCUT2D eigenvalue weighted by Gasteiger charge is 2.09. The molecule has 1 aromatic heterocycles. The average molecular weight is 197 g/mol. The highest BCUT2D eigenvalue weighted by molar-refractivity contribution is 5.92. The third-order valence-electron chi connectivity index (χ3n) is 1.92. The summed E-state index contributed by atoms with van der Waals surface area (Å²) in [6, 6.07) is 1.63. The summed E-state index contributed by atoms with van der Waals surface area (Å²) in [4.78, 5) is 11.4. The quantitative estimate of drug-likeness (QED) is 0.709. The Kier molecular flexibility index (Phi) is 3.64. The number of hydrogen-bond acceptors (Lipinski definition) is 3. The van der Waals surface area contributed by atoms with E-state index in [0.717, 1.165) is 0 Å². The number of nitrogens with one attached hydrogen (secondary N) is 1. The molecular formula is C9H15N3O2. The highest BCUT2D eigenvalue weighted by atomic mass is 16.3. The lowest BCUT2D eigenvalue weighted by Gasteiger charge is -2.07. The van der Waals surface area contributed by atoms with E-state index < -0.39 is 6.10 Å². The molecule has 0 fully saturated rings. The molecule has 0 radical (unpaired) electrons. The smallest absolute Gasteiger partial charge is 0.271 e. The van der Waals surface area contributed by atoms with Gasteiger partial charge in [0.15, 0.2) is 0 Å². The Labute approximate surface area is 82.7 Å². The molecule has 1 aromatic rings. The molecule has 0 aliphatic rings. The van der Waals surface area contributed by atoms with Gasteiger partial charge in [0.1, 0.15) is 5.69 Å². The SMILES string of the molecule is CCC(O)CNC(=O)c1ccn(C)n1. The molecule has 5 heteroatoms. The lowest BCUT2D eigenvalue weighted by atomic mass is 10.3. The monoisotopic (exact) mass is 197 g/mol. The first kappa shape index (κ1) is 10.7. The van der Waals surface area contributed by atoms with E-state index in [2.05, 4.69) is 10.4 Å². The van der Waals surface area contributed by atoms with E-state index in [9.17, 15) is 9.90 Å². The summed E-state index contributed by atoms with van der Waals surface area (Å²) in [5, 5.41) is 15.8. The van der Waals surface area contributed by atoms with Gasteiger partial charge in [0.25, 0.3) is 5.91 Å². The maximum absolute atomic E-state index is 11.4. The fourth-order valence-electron chi connectivity index (χ4n) is 0.982. The topological polar surface area (TPSA) is 67.2 Å². The van der Waals surface area contributed by atoms with Crippen LogP contribution in [-0.4, -0.2) is 33.4 Å². The van der Waals surface area contributed by atoms with E-state index in [4.69, 9.17) is 0 Å². The van der Waals surface area contributed by atoms with Gasteiger partial charge in [-0.1, -0.05) is 6.92 Å². The summed E-state index contributed by atoms with van der Waals surface area (Å²) in [5.74, 6) is -0.252. The minimum Gasteiger partial charge on any atom is -0.391 e. The molecule has 2 N–H and O–H groups in total. The predicted octanol–water partition coefficient (Wildman–Crippen LogP) is -0.0792. The van der Waals surface area contributed by atoms with Gasteiger partial charge >= 0.3 is 0 Å². The van der Waals surface area contributed by atoms with Crippen molar-refractivity contribution < 1.29 is 9.90 Å². The largest absolute Gasteiger partial charge is 0.391 e. The van der Waals surface area contributed by atoms with Gasteiger partial charge in [-0.2, -0.15) is 5.10 Å². The fourth-order valence-corrected chi connectivity index (χ4v) is 0.982. The van der Waals surface area contributed by atoms with Crippen molar-refractivity contribution in [1.82, 2.24) is 15.1 Å². The van der Waals surface area contributed by atoms with Crippen LogP contribution in [0.25, 0.3) is 0 Å². The third-order valence-corrected chi connectivity index (χ3v) is 1.92. The van der Waals surface area contributed by atoms with Gasteiger partial charge < -0.3 is 10.4 Å². The number of amides is 1. The molecule has 5 nitrogen and oxygen atoms in total. The molecule has 1 heterocycles. The zero-order chi connectivity index (χ0) is 10.6. The first-order valence-electron chi connectivity index (χ1n) is 4.59. The Hall–Kier alpha value is -1.36. The standard InChI is InChI=1S/C9H15N3O2/c1-3-7(13)6-10-9(14)8-4-5-12(2)11-8/h4-5,7,13H,3,6H2,1-2H3,(H,10,14). The van der Waals surface area contributed by atoms with Gasteiger partial charge in [0.2, 0.25) is 0 Å². The van der Waals surface area contributed by atoms with Gasteiger partial charge in [-0.3, -0.25) is 9.48 Å². The molecule has 0 aliphatic carbocycles. The summed E-state index contributed by atoms with van der Waals surface area (Å²) in [6.07, 6.45) is 1.84. The van der Waals surface area contributed by atoms with Crippen molar-refractivity contribution in [3.63, 3.8) is 0 Å². The van der Waals surface area contributed by atoms with Gasteiger partial charge in [-0.15, -0.1) is 0 Å². The lowest BCUT2D eigenvalue weighted by Crippen LogP contribution is -2.32. The molecule has 0 aliphatic heterocycles. The number of aliphatic hydroxyl groups is 1. The molecule has 1 atom stereocenters. The van der Waals surface area contributed by atoms with E-state index in [1.165, 1.54) is 0 Å². The zero-order valence-corrected chi connectivity index (χ0v) is 8.40. The molecular weight excluding hydrogens is 182 g/mol. The Morgan fingerprint density at radius 2 is 2.50 bits per heavy atom. The minimum atomic E-state index is -0.484. The lowest BCUT2D eigenvalue weighted by molar-refractivity contribution is 0.0908. The number of carbonyl (C=O) groups is 1. The van der Waals surface area contributed by atoms with E-state index >= 15 is 0 Å². The maximum Gasteiger partial charge on any atom is 0.271 e. The number of rotatable bonds is 4. The number of hydrogen-bond donors (Lipinski definition) is 2. The molecule has 14 heavy (non-hydrogen) atoms. The summed E-state index contributed by atoms with van der Waals surface area (Å²) in [5.41, 5.74) is 0.371. The average Bonchev–Trinajstić information content (AvgIpc) is 2.60. The predicted molar refractivity (Wildman–Crippen MR) is 51.8 cm³/mol. The molecule has 0 bridgehead atoms. The van der Waals surface area contributed by atoms with Crippen molar-refractivity contribution in [2.75, 3.05) is 6.54 Å². The Bertz CT molecular complexity index is 309. The van der Waals surface area contributed by atoms with Crippen LogP contribution in [0.3, 0.4) is 0 Å². The van der Waals surface area contributed by atoms with Crippen molar-refractivity contribution in [1.29, 1.82) is 0 Å². The zero-order valence-electron chi connectivity index (χ0n) is 8.40. The second-order valence-corrected chi connectivity index (χ2v) is 3.15. The number of aliphatic hydroxyl groups excluding tert-OH is 1. The second-order valence-electron chi connectivity index (χ2n) is 3.15. The van der Waals surface area contributed by atoms with E-state index in [0.29, 0.717) is 12.1 Å². The molecule has 1 rings (SSSR count). The molecule has 0 saturated heterocycles. The van der Waals surface area contributed by atoms with Crippen molar-refractivity contribution in [2.24, 2.45) is 7.05 Å². The van der Waals surface area contributed by atoms with Gasteiger partial charge in [0.05, 0.1) is 6.10 Å². The molecule has 0 saturated carbocycles. The van der Waals surface area contributed by atoms with Crippen LogP contribution >= 0.6 is 0 Å². The summed E-state index contributed by atoms with van der Waals surface area (Å²) in [7, 11) is 1.75. The van der Waals surface area contributed by atoms with Gasteiger partial charge in [-0.25, -0.2) is 0 Å². The van der Waals surface area contributed by atoms with Crippen LogP contribution in [-0.2, 0) is 7.05 Å². The van der Waals surface area contributed by atoms with Crippen LogP contribution < -0.4 is 5.32 Å². The first-order chi connectivity index (χ1) is 6.63. The van der Waals surface area contributed by atoms with Crippen LogP contribution in [0.4, 0.5) is 0 Å². The molecule has 1 unspecified atom stereocenters. The summed E-state index contributed by atoms with van der Waals surface area (Å²) < 4.78 is 1.56. The van der Waals surface area contributed by atoms with Crippen molar-refractivity contribution in [3.8, 4) is 0 Å². The number of nitrogens with zero attached hydrogens (tertiary/aromatic N) is 2. The summed E-state index contributed by atoms with van der Waals surface area (Å²) >= 11 is 0. The van der Waals surface area contributed by atoms with Gasteiger partial charge in [0, 0.05) is 19.8 Å². The van der Waals surface area contributed by atoms with Crippen LogP contribution in [0.1, 0.15) is 23.8 Å². The van der Waals surface area contributed by atoms with Crippen LogP contribution in [0.2, 0.25) is 0 Å². The van der Waals surface area contributed by atoms with Gasteiger partial charge in [-0.05, 0) is 12.5 Å². The number of aryl methyl sites for hydroxylation is 1. The van der Waals surface area contributed by atoms with Crippen molar-refractivity contribution in [3.05, 3.63) is 18.0 Å². The summed E-state index contributed by atoms with van der Waals surface area (Å²) in [6.45, 7) is 2.13. The fraction of sp³-hybridized carbons (Fsp3) is 0.556. The maximum atomic E-state index is 11.4. The first-order valence-corrected chi connectivity index (χ1v) is 4.59. The van der Waals surface area contributed by atoms with Crippen molar-refractivity contribution >= 4 is 5.91 Å². The van der Waals surface area contributed by atoms with Crippen LogP contribution in [0, 0.1) is 0 Å². The molecule has 78 valence electrons. The number of aromatic nitrogens is 2. The van der Waals surface area contributed by atoms with Crippen LogP contribution in [0.15, 0.2) is 12.3 Å². The van der Waals surface area contributed by atoms with E-state index in [1.54, 1.807) is 24.0 Å². The van der Waals surface area contributed by atoms with E-state index in [-0.39, 0.29) is 12.5 Å². The molecule has 0 spiro atoms. The Morgan fingerprint density at radius 3 is 3.00 bits per heavy atom. The normalized spacial score (nSPS) is 12.5. The Balaban J connectivity index is 2.43. The molecule has 0 aromatic carbocycles. The van der Waals surface area contributed by atoms with Crippen LogP contribution in [0.5, 0.6) is 0 Å². The highest BCUT2D eigenvalue weighted by Crippen LogP contribution is 1.94.